The van der Waals surface area contributed by atoms with Crippen molar-refractivity contribution in [3.8, 4) is 0 Å². The smallest absolute Gasteiger partial charge is 0.223 e. The SMILES string of the molecule is NC1CCCC(NC(=O)C2CCCCCCC2)CCC1. The molecule has 3 N–H and O–H groups in total. The van der Waals surface area contributed by atoms with Crippen molar-refractivity contribution < 1.29 is 4.79 Å². The second-order valence-electron chi connectivity index (χ2n) is 6.87. The molecule has 0 aliphatic heterocycles. The Bertz CT molecular complexity index is 275. The van der Waals surface area contributed by atoms with Crippen LogP contribution in [0.25, 0.3) is 0 Å². The highest BCUT2D eigenvalue weighted by atomic mass is 16.1. The maximum absolute atomic E-state index is 12.5. The molecule has 0 atom stereocenters. The molecule has 0 aromatic heterocycles. The Morgan fingerprint density at radius 1 is 0.750 bits per heavy atom. The van der Waals surface area contributed by atoms with Crippen LogP contribution in [0.1, 0.15) is 83.5 Å². The summed E-state index contributed by atoms with van der Waals surface area (Å²) in [6.07, 6.45) is 15.5. The zero-order chi connectivity index (χ0) is 14.2. The van der Waals surface area contributed by atoms with Gasteiger partial charge >= 0.3 is 0 Å². The number of nitrogens with one attached hydrogen (secondary N) is 1. The van der Waals surface area contributed by atoms with Crippen LogP contribution < -0.4 is 11.1 Å². The highest BCUT2D eigenvalue weighted by Gasteiger charge is 2.22. The lowest BCUT2D eigenvalue weighted by molar-refractivity contribution is -0.126. The van der Waals surface area contributed by atoms with Crippen molar-refractivity contribution in [2.45, 2.75) is 95.6 Å². The molecule has 0 unspecified atom stereocenters. The first-order valence-corrected chi connectivity index (χ1v) is 8.81. The van der Waals surface area contributed by atoms with Crippen LogP contribution in [0.3, 0.4) is 0 Å². The lowest BCUT2D eigenvalue weighted by Gasteiger charge is -2.26. The summed E-state index contributed by atoms with van der Waals surface area (Å²) >= 11 is 0. The van der Waals surface area contributed by atoms with E-state index in [1.807, 2.05) is 0 Å². The van der Waals surface area contributed by atoms with Crippen molar-refractivity contribution in [2.24, 2.45) is 11.7 Å². The first-order valence-electron chi connectivity index (χ1n) is 8.81. The van der Waals surface area contributed by atoms with Gasteiger partial charge in [0.15, 0.2) is 0 Å². The van der Waals surface area contributed by atoms with E-state index in [9.17, 15) is 4.79 Å². The minimum atomic E-state index is 0.281. The van der Waals surface area contributed by atoms with Gasteiger partial charge < -0.3 is 11.1 Å². The van der Waals surface area contributed by atoms with Gasteiger partial charge in [0.05, 0.1) is 0 Å². The van der Waals surface area contributed by atoms with Gasteiger partial charge in [-0.05, 0) is 51.4 Å². The number of rotatable bonds is 2. The lowest BCUT2D eigenvalue weighted by atomic mass is 9.89. The predicted octanol–water partition coefficient (Wildman–Crippen LogP) is 3.51. The molecule has 0 aromatic rings. The van der Waals surface area contributed by atoms with Crippen molar-refractivity contribution in [2.75, 3.05) is 0 Å². The van der Waals surface area contributed by atoms with E-state index in [1.54, 1.807) is 0 Å². The van der Waals surface area contributed by atoms with Crippen molar-refractivity contribution in [1.82, 2.24) is 5.32 Å². The first-order chi connectivity index (χ1) is 9.75. The van der Waals surface area contributed by atoms with Gasteiger partial charge in [-0.15, -0.1) is 0 Å². The fourth-order valence-corrected chi connectivity index (χ4v) is 3.72. The molecule has 1 amide bonds. The average molecular weight is 280 g/mol. The maximum atomic E-state index is 12.5. The summed E-state index contributed by atoms with van der Waals surface area (Å²) in [6.45, 7) is 0. The Balaban J connectivity index is 1.76. The third kappa shape index (κ3) is 5.43. The summed E-state index contributed by atoms with van der Waals surface area (Å²) in [5.74, 6) is 0.616. The van der Waals surface area contributed by atoms with E-state index in [0.29, 0.717) is 18.0 Å². The number of carbonyl (C=O) groups is 1. The Hall–Kier alpha value is -0.570. The first kappa shape index (κ1) is 15.8. The van der Waals surface area contributed by atoms with Crippen LogP contribution in [0.2, 0.25) is 0 Å². The molecular formula is C17H32N2O. The lowest BCUT2D eigenvalue weighted by Crippen LogP contribution is -2.40. The largest absolute Gasteiger partial charge is 0.353 e. The maximum Gasteiger partial charge on any atom is 0.223 e. The standard InChI is InChI=1S/C17H32N2O/c18-15-10-6-12-16(13-7-11-15)19-17(20)14-8-4-2-1-3-5-9-14/h14-16H,1-13,18H2,(H,19,20). The molecule has 0 saturated heterocycles. The van der Waals surface area contributed by atoms with E-state index in [0.717, 1.165) is 51.4 Å². The van der Waals surface area contributed by atoms with Crippen LogP contribution in [0.4, 0.5) is 0 Å². The van der Waals surface area contributed by atoms with Gasteiger partial charge in [0, 0.05) is 18.0 Å². The zero-order valence-electron chi connectivity index (χ0n) is 12.9. The Morgan fingerprint density at radius 3 is 1.90 bits per heavy atom. The predicted molar refractivity (Wildman–Crippen MR) is 83.4 cm³/mol. The summed E-state index contributed by atoms with van der Waals surface area (Å²) in [6, 6.07) is 0.790. The molecule has 116 valence electrons. The number of hydrogen-bond acceptors (Lipinski definition) is 2. The summed E-state index contributed by atoms with van der Waals surface area (Å²) in [4.78, 5) is 12.5. The summed E-state index contributed by atoms with van der Waals surface area (Å²) in [5.41, 5.74) is 6.01. The van der Waals surface area contributed by atoms with Crippen molar-refractivity contribution in [3.63, 3.8) is 0 Å². The van der Waals surface area contributed by atoms with E-state index in [2.05, 4.69) is 5.32 Å². The third-order valence-corrected chi connectivity index (χ3v) is 5.08. The summed E-state index contributed by atoms with van der Waals surface area (Å²) in [5, 5.41) is 3.34. The van der Waals surface area contributed by atoms with E-state index in [-0.39, 0.29) is 5.92 Å². The van der Waals surface area contributed by atoms with Gasteiger partial charge in [-0.3, -0.25) is 4.79 Å². The van der Waals surface area contributed by atoms with Crippen LogP contribution >= 0.6 is 0 Å². The normalized spacial score (nSPS) is 30.6. The molecule has 2 aliphatic rings. The fourth-order valence-electron chi connectivity index (χ4n) is 3.72. The average Bonchev–Trinajstić information content (AvgIpc) is 2.35. The van der Waals surface area contributed by atoms with Gasteiger partial charge in [-0.25, -0.2) is 0 Å². The minimum Gasteiger partial charge on any atom is -0.353 e. The van der Waals surface area contributed by atoms with Gasteiger partial charge in [-0.1, -0.05) is 32.1 Å². The molecule has 0 bridgehead atoms. The molecule has 2 fully saturated rings. The molecule has 0 radical (unpaired) electrons. The van der Waals surface area contributed by atoms with Crippen LogP contribution in [0.5, 0.6) is 0 Å². The minimum absolute atomic E-state index is 0.281. The Kier molecular flexibility index (Phi) is 6.85. The second-order valence-corrected chi connectivity index (χ2v) is 6.87. The van der Waals surface area contributed by atoms with Crippen molar-refractivity contribution in [1.29, 1.82) is 0 Å². The third-order valence-electron chi connectivity index (χ3n) is 5.08. The fraction of sp³-hybridized carbons (Fsp3) is 0.941. The van der Waals surface area contributed by atoms with Gasteiger partial charge in [0.1, 0.15) is 0 Å². The van der Waals surface area contributed by atoms with E-state index in [1.165, 1.54) is 32.1 Å². The molecular weight excluding hydrogens is 248 g/mol. The Morgan fingerprint density at radius 2 is 1.30 bits per heavy atom. The molecule has 0 aromatic carbocycles. The van der Waals surface area contributed by atoms with Crippen LogP contribution in [0, 0.1) is 5.92 Å². The molecule has 2 rings (SSSR count). The van der Waals surface area contributed by atoms with Gasteiger partial charge in [-0.2, -0.15) is 0 Å². The highest BCUT2D eigenvalue weighted by molar-refractivity contribution is 5.78. The van der Waals surface area contributed by atoms with Gasteiger partial charge in [0.2, 0.25) is 5.91 Å². The van der Waals surface area contributed by atoms with E-state index >= 15 is 0 Å². The summed E-state index contributed by atoms with van der Waals surface area (Å²) in [7, 11) is 0. The van der Waals surface area contributed by atoms with E-state index in [4.69, 9.17) is 5.73 Å². The molecule has 20 heavy (non-hydrogen) atoms. The second kappa shape index (κ2) is 8.66. The Labute approximate surface area is 124 Å². The number of amides is 1. The molecule has 0 spiro atoms. The quantitative estimate of drug-likeness (QED) is 0.813. The van der Waals surface area contributed by atoms with Gasteiger partial charge in [0.25, 0.3) is 0 Å². The molecule has 2 saturated carbocycles. The molecule has 2 aliphatic carbocycles. The van der Waals surface area contributed by atoms with Crippen LogP contribution in [-0.4, -0.2) is 18.0 Å². The number of hydrogen-bond donors (Lipinski definition) is 2. The van der Waals surface area contributed by atoms with E-state index < -0.39 is 0 Å². The highest BCUT2D eigenvalue weighted by Crippen LogP contribution is 2.23. The molecule has 0 heterocycles. The monoisotopic (exact) mass is 280 g/mol. The molecule has 3 nitrogen and oxygen atoms in total. The summed E-state index contributed by atoms with van der Waals surface area (Å²) < 4.78 is 0. The van der Waals surface area contributed by atoms with Crippen LogP contribution in [-0.2, 0) is 4.79 Å². The van der Waals surface area contributed by atoms with Crippen LogP contribution in [0.15, 0.2) is 0 Å². The number of carbonyl (C=O) groups excluding carboxylic acids is 1. The zero-order valence-corrected chi connectivity index (χ0v) is 12.9. The van der Waals surface area contributed by atoms with Crippen molar-refractivity contribution in [3.05, 3.63) is 0 Å². The molecule has 3 heteroatoms. The topological polar surface area (TPSA) is 55.1 Å². The number of nitrogens with two attached hydrogens (primary N) is 1. The van der Waals surface area contributed by atoms with Crippen molar-refractivity contribution >= 4 is 5.91 Å².